The Morgan fingerprint density at radius 2 is 2.16 bits per heavy atom. The van der Waals surface area contributed by atoms with E-state index in [9.17, 15) is 9.59 Å². The number of carbonyl (C=O) groups excluding carboxylic acids is 1. The van der Waals surface area contributed by atoms with E-state index in [1.54, 1.807) is 25.2 Å². The highest BCUT2D eigenvalue weighted by Gasteiger charge is 2.13. The fourth-order valence-corrected chi connectivity index (χ4v) is 4.22. The van der Waals surface area contributed by atoms with Crippen LogP contribution >= 0.6 is 34.7 Å². The molecule has 0 saturated carbocycles. The molecule has 0 bridgehead atoms. The minimum atomic E-state index is -0.174. The number of hydrogen-bond donors (Lipinski definition) is 1. The van der Waals surface area contributed by atoms with Crippen LogP contribution < -0.4 is 10.9 Å². The number of halogens is 1. The van der Waals surface area contributed by atoms with E-state index in [0.717, 1.165) is 10.4 Å². The largest absolute Gasteiger partial charge is 0.325 e. The van der Waals surface area contributed by atoms with Crippen LogP contribution in [0, 0.1) is 13.8 Å². The van der Waals surface area contributed by atoms with Crippen molar-refractivity contribution in [3.63, 3.8) is 0 Å². The summed E-state index contributed by atoms with van der Waals surface area (Å²) in [5.74, 6) is -0.0191. The lowest BCUT2D eigenvalue weighted by molar-refractivity contribution is -0.113. The molecular weight excluding hydrogens is 378 g/mol. The van der Waals surface area contributed by atoms with Crippen molar-refractivity contribution >= 4 is 56.5 Å². The number of aromatic nitrogens is 2. The first-order valence-corrected chi connectivity index (χ1v) is 9.69. The Hall–Kier alpha value is -1.83. The molecule has 0 aliphatic rings. The molecule has 0 fully saturated rings. The van der Waals surface area contributed by atoms with Gasteiger partial charge in [-0.1, -0.05) is 29.4 Å². The number of benzene rings is 1. The van der Waals surface area contributed by atoms with E-state index in [2.05, 4.69) is 10.3 Å². The highest BCUT2D eigenvalue weighted by Crippen LogP contribution is 2.25. The highest BCUT2D eigenvalue weighted by atomic mass is 35.5. The molecule has 1 aromatic carbocycles. The number of rotatable bonds is 4. The van der Waals surface area contributed by atoms with Gasteiger partial charge in [0.05, 0.1) is 11.1 Å². The molecule has 0 atom stereocenters. The first-order valence-electron chi connectivity index (χ1n) is 7.51. The molecule has 130 valence electrons. The predicted octanol–water partition coefficient (Wildman–Crippen LogP) is 4.00. The topological polar surface area (TPSA) is 64.0 Å². The molecule has 1 N–H and O–H groups in total. The molecule has 25 heavy (non-hydrogen) atoms. The quantitative estimate of drug-likeness (QED) is 0.537. The maximum atomic E-state index is 12.4. The van der Waals surface area contributed by atoms with Crippen molar-refractivity contribution in [1.29, 1.82) is 0 Å². The van der Waals surface area contributed by atoms with Crippen LogP contribution in [0.2, 0.25) is 5.02 Å². The van der Waals surface area contributed by atoms with Crippen molar-refractivity contribution in [2.24, 2.45) is 7.05 Å². The minimum absolute atomic E-state index is 0.0945. The summed E-state index contributed by atoms with van der Waals surface area (Å²) in [7, 11) is 1.67. The number of aryl methyl sites for hydroxylation is 1. The molecule has 2 aromatic heterocycles. The summed E-state index contributed by atoms with van der Waals surface area (Å²) in [5.41, 5.74) is 1.41. The zero-order chi connectivity index (χ0) is 18.1. The Bertz CT molecular complexity index is 1030. The summed E-state index contributed by atoms with van der Waals surface area (Å²) >= 11 is 8.78. The highest BCUT2D eigenvalue weighted by molar-refractivity contribution is 7.99. The van der Waals surface area contributed by atoms with E-state index in [0.29, 0.717) is 26.1 Å². The molecule has 0 saturated heterocycles. The fourth-order valence-electron chi connectivity index (χ4n) is 2.36. The summed E-state index contributed by atoms with van der Waals surface area (Å²) in [6.07, 6.45) is 0. The third kappa shape index (κ3) is 3.73. The normalized spacial score (nSPS) is 11.0. The van der Waals surface area contributed by atoms with Gasteiger partial charge in [-0.3, -0.25) is 14.2 Å². The van der Waals surface area contributed by atoms with Crippen LogP contribution in [-0.4, -0.2) is 21.2 Å². The molecule has 0 radical (unpaired) electrons. The number of amides is 1. The number of thioether (sulfide) groups is 1. The number of nitrogens with one attached hydrogen (secondary N) is 1. The van der Waals surface area contributed by atoms with Gasteiger partial charge < -0.3 is 5.32 Å². The second kappa shape index (κ2) is 7.19. The summed E-state index contributed by atoms with van der Waals surface area (Å²) in [5, 5.41) is 4.59. The van der Waals surface area contributed by atoms with Crippen molar-refractivity contribution in [2.45, 2.75) is 19.0 Å². The second-order valence-corrected chi connectivity index (χ2v) is 8.17. The lowest BCUT2D eigenvalue weighted by Gasteiger charge is -2.10. The van der Waals surface area contributed by atoms with E-state index in [4.69, 9.17) is 11.6 Å². The van der Waals surface area contributed by atoms with E-state index >= 15 is 0 Å². The van der Waals surface area contributed by atoms with E-state index in [1.807, 2.05) is 19.9 Å². The third-order valence-electron chi connectivity index (χ3n) is 3.73. The molecule has 0 aliphatic carbocycles. The summed E-state index contributed by atoms with van der Waals surface area (Å²) in [4.78, 5) is 30.9. The minimum Gasteiger partial charge on any atom is -0.325 e. The molecule has 5 nitrogen and oxygen atoms in total. The van der Waals surface area contributed by atoms with Crippen molar-refractivity contribution in [1.82, 2.24) is 9.55 Å². The zero-order valence-electron chi connectivity index (χ0n) is 13.9. The summed E-state index contributed by atoms with van der Waals surface area (Å²) in [6, 6.07) is 7.21. The zero-order valence-corrected chi connectivity index (χ0v) is 16.3. The molecule has 0 spiro atoms. The molecule has 0 aliphatic heterocycles. The Balaban J connectivity index is 1.76. The maximum absolute atomic E-state index is 12.4. The SMILES string of the molecule is Cc1cc2c(=O)n(C)c(SCC(=O)Nc3cccc(Cl)c3C)nc2s1. The number of anilines is 1. The summed E-state index contributed by atoms with van der Waals surface area (Å²) < 4.78 is 1.48. The van der Waals surface area contributed by atoms with Crippen LogP contribution in [0.25, 0.3) is 10.2 Å². The van der Waals surface area contributed by atoms with Gasteiger partial charge in [0, 0.05) is 22.6 Å². The van der Waals surface area contributed by atoms with Gasteiger partial charge in [-0.15, -0.1) is 11.3 Å². The van der Waals surface area contributed by atoms with E-state index in [1.165, 1.54) is 27.7 Å². The molecule has 8 heteroatoms. The van der Waals surface area contributed by atoms with Crippen LogP contribution in [0.5, 0.6) is 0 Å². The number of carbonyl (C=O) groups is 1. The van der Waals surface area contributed by atoms with Crippen LogP contribution in [0.15, 0.2) is 34.2 Å². The Morgan fingerprint density at radius 3 is 2.92 bits per heavy atom. The number of thiophene rings is 1. The standard InChI is InChI=1S/C17H16ClN3O2S2/c1-9-7-11-15(25-9)20-17(21(3)16(11)23)24-8-14(22)19-13-6-4-5-12(18)10(13)2/h4-7H,8H2,1-3H3,(H,19,22). The van der Waals surface area contributed by atoms with Crippen molar-refractivity contribution in [2.75, 3.05) is 11.1 Å². The van der Waals surface area contributed by atoms with Gasteiger partial charge in [0.1, 0.15) is 4.83 Å². The van der Waals surface area contributed by atoms with Crippen molar-refractivity contribution in [3.8, 4) is 0 Å². The van der Waals surface area contributed by atoms with Gasteiger partial charge in [-0.05, 0) is 37.6 Å². The number of hydrogen-bond acceptors (Lipinski definition) is 5. The van der Waals surface area contributed by atoms with Crippen LogP contribution in [0.4, 0.5) is 5.69 Å². The predicted molar refractivity (Wildman–Crippen MR) is 105 cm³/mol. The third-order valence-corrected chi connectivity index (χ3v) is 6.11. The second-order valence-electron chi connectivity index (χ2n) is 5.58. The van der Waals surface area contributed by atoms with Gasteiger partial charge in [-0.2, -0.15) is 0 Å². The molecular formula is C17H16ClN3O2S2. The fraction of sp³-hybridized carbons (Fsp3) is 0.235. The molecule has 0 unspecified atom stereocenters. The van der Waals surface area contributed by atoms with Crippen LogP contribution in [0.1, 0.15) is 10.4 Å². The maximum Gasteiger partial charge on any atom is 0.262 e. The number of nitrogens with zero attached hydrogens (tertiary/aromatic N) is 2. The molecule has 3 rings (SSSR count). The van der Waals surface area contributed by atoms with Gasteiger partial charge >= 0.3 is 0 Å². The Labute approximate surface area is 158 Å². The molecule has 3 aromatic rings. The van der Waals surface area contributed by atoms with Crippen LogP contribution in [0.3, 0.4) is 0 Å². The van der Waals surface area contributed by atoms with Gasteiger partial charge in [0.25, 0.3) is 5.56 Å². The monoisotopic (exact) mass is 393 g/mol. The smallest absolute Gasteiger partial charge is 0.262 e. The first-order chi connectivity index (χ1) is 11.9. The van der Waals surface area contributed by atoms with E-state index < -0.39 is 0 Å². The van der Waals surface area contributed by atoms with Crippen LogP contribution in [-0.2, 0) is 11.8 Å². The lowest BCUT2D eigenvalue weighted by Crippen LogP contribution is -2.21. The molecule has 1 amide bonds. The number of fused-ring (bicyclic) bond motifs is 1. The van der Waals surface area contributed by atoms with E-state index in [-0.39, 0.29) is 17.2 Å². The van der Waals surface area contributed by atoms with Gasteiger partial charge in [0.15, 0.2) is 5.16 Å². The van der Waals surface area contributed by atoms with Gasteiger partial charge in [-0.25, -0.2) is 4.98 Å². The Kier molecular flexibility index (Phi) is 5.17. The van der Waals surface area contributed by atoms with Gasteiger partial charge in [0.2, 0.25) is 5.91 Å². The lowest BCUT2D eigenvalue weighted by atomic mass is 10.2. The molecule has 2 heterocycles. The Morgan fingerprint density at radius 1 is 1.40 bits per heavy atom. The van der Waals surface area contributed by atoms with Crippen molar-refractivity contribution in [3.05, 3.63) is 50.1 Å². The van der Waals surface area contributed by atoms with Crippen molar-refractivity contribution < 1.29 is 4.79 Å². The summed E-state index contributed by atoms with van der Waals surface area (Å²) in [6.45, 7) is 3.79. The average Bonchev–Trinajstić information content (AvgIpc) is 2.94. The average molecular weight is 394 g/mol. The first kappa shape index (κ1) is 18.0.